The largest absolute Gasteiger partial charge is 0.454 e. The van der Waals surface area contributed by atoms with Crippen LogP contribution >= 0.6 is 0 Å². The van der Waals surface area contributed by atoms with Crippen LogP contribution in [0.5, 0.6) is 0 Å². The predicted octanol–water partition coefficient (Wildman–Crippen LogP) is 5.59. The summed E-state index contributed by atoms with van der Waals surface area (Å²) < 4.78 is 5.26. The van der Waals surface area contributed by atoms with Gasteiger partial charge in [-0.2, -0.15) is 0 Å². The van der Waals surface area contributed by atoms with Crippen molar-refractivity contribution >= 4 is 11.9 Å². The third kappa shape index (κ3) is 10.6. The number of esters is 1. The third-order valence-electron chi connectivity index (χ3n) is 5.14. The fraction of sp³-hybridized carbons (Fsp3) is 0.818. The van der Waals surface area contributed by atoms with Gasteiger partial charge in [0.25, 0.3) is 0 Å². The van der Waals surface area contributed by atoms with Crippen molar-refractivity contribution < 1.29 is 14.3 Å². The minimum Gasteiger partial charge on any atom is -0.454 e. The molecule has 0 aromatic heterocycles. The van der Waals surface area contributed by atoms with Gasteiger partial charge in [0, 0.05) is 6.42 Å². The number of allylic oxidation sites excluding steroid dienone is 1. The Morgan fingerprint density at radius 1 is 0.923 bits per heavy atom. The van der Waals surface area contributed by atoms with Gasteiger partial charge < -0.3 is 10.5 Å². The maximum Gasteiger partial charge on any atom is 0.338 e. The van der Waals surface area contributed by atoms with E-state index in [1.54, 1.807) is 0 Å². The molecule has 1 atom stereocenters. The van der Waals surface area contributed by atoms with Crippen molar-refractivity contribution in [3.05, 3.63) is 11.6 Å². The van der Waals surface area contributed by atoms with Crippen molar-refractivity contribution in [3.8, 4) is 0 Å². The van der Waals surface area contributed by atoms with Crippen molar-refractivity contribution in [2.24, 2.45) is 5.73 Å². The summed E-state index contributed by atoms with van der Waals surface area (Å²) in [5.41, 5.74) is 5.96. The van der Waals surface area contributed by atoms with E-state index in [4.69, 9.17) is 10.5 Å². The Hall–Kier alpha value is -1.32. The van der Waals surface area contributed by atoms with Crippen molar-refractivity contribution in [2.75, 3.05) is 0 Å². The second kappa shape index (κ2) is 14.8. The fourth-order valence-electron chi connectivity index (χ4n) is 3.46. The number of hydrogen-bond acceptors (Lipinski definition) is 3. The Bertz CT molecular complexity index is 431. The molecule has 0 radical (unpaired) electrons. The molecule has 1 heterocycles. The Kier molecular flexibility index (Phi) is 12.9. The number of carbonyl (C=O) groups is 2. The topological polar surface area (TPSA) is 69.4 Å². The van der Waals surface area contributed by atoms with Crippen LogP contribution in [0.1, 0.15) is 110 Å². The highest BCUT2D eigenvalue weighted by atomic mass is 16.6. The average Bonchev–Trinajstić information content (AvgIpc) is 2.61. The van der Waals surface area contributed by atoms with Gasteiger partial charge in [-0.25, -0.2) is 4.79 Å². The summed E-state index contributed by atoms with van der Waals surface area (Å²) in [6, 6.07) is 0. The van der Waals surface area contributed by atoms with E-state index in [9.17, 15) is 9.59 Å². The predicted molar refractivity (Wildman–Crippen MR) is 107 cm³/mol. The molecule has 1 saturated heterocycles. The number of nitrogens with two attached hydrogens (primary N) is 1. The number of rotatable bonds is 17. The highest BCUT2D eigenvalue weighted by Gasteiger charge is 2.34. The smallest absolute Gasteiger partial charge is 0.338 e. The molecule has 1 amide bonds. The molecular formula is C22H39NO3. The van der Waals surface area contributed by atoms with Crippen molar-refractivity contribution in [1.82, 2.24) is 0 Å². The molecule has 1 unspecified atom stereocenters. The van der Waals surface area contributed by atoms with E-state index in [2.05, 4.69) is 6.92 Å². The van der Waals surface area contributed by atoms with E-state index >= 15 is 0 Å². The van der Waals surface area contributed by atoms with Gasteiger partial charge in [0.05, 0.1) is 5.57 Å². The number of unbranched alkanes of at least 4 members (excludes halogenated alkanes) is 12. The van der Waals surface area contributed by atoms with Crippen LogP contribution in [0.25, 0.3) is 0 Å². The molecule has 1 rings (SSSR count). The highest BCUT2D eigenvalue weighted by Crippen LogP contribution is 2.27. The van der Waals surface area contributed by atoms with Crippen LogP contribution < -0.4 is 5.73 Å². The van der Waals surface area contributed by atoms with E-state index in [0.717, 1.165) is 37.7 Å². The van der Waals surface area contributed by atoms with E-state index < -0.39 is 0 Å². The van der Waals surface area contributed by atoms with Crippen LogP contribution in [-0.2, 0) is 14.3 Å². The summed E-state index contributed by atoms with van der Waals surface area (Å²) in [7, 11) is 0. The first-order valence-electron chi connectivity index (χ1n) is 10.8. The molecule has 1 aliphatic heterocycles. The molecule has 150 valence electrons. The summed E-state index contributed by atoms with van der Waals surface area (Å²) in [6.45, 7) is 2.26. The number of ether oxygens (including phenoxy) is 1. The third-order valence-corrected chi connectivity index (χ3v) is 5.14. The number of hydrogen-bond donors (Lipinski definition) is 1. The zero-order valence-electron chi connectivity index (χ0n) is 16.8. The first kappa shape index (κ1) is 22.7. The van der Waals surface area contributed by atoms with Crippen molar-refractivity contribution in [1.29, 1.82) is 0 Å². The van der Waals surface area contributed by atoms with Gasteiger partial charge in [0.1, 0.15) is 6.10 Å². The minimum atomic E-state index is -0.255. The number of amides is 1. The van der Waals surface area contributed by atoms with Gasteiger partial charge in [-0.1, -0.05) is 77.2 Å². The zero-order chi connectivity index (χ0) is 19.0. The standard InChI is InChI=1S/C22H39NO3/c1-2-3-4-5-6-7-8-9-10-11-14-17-20-19(22(25)26-20)16-13-12-15-18-21(23)24/h16,20H,2-15,17-18H2,1H3,(H2,23,24). The molecule has 4 heteroatoms. The molecule has 1 fully saturated rings. The average molecular weight is 366 g/mol. The van der Waals surface area contributed by atoms with E-state index in [-0.39, 0.29) is 18.0 Å². The van der Waals surface area contributed by atoms with Crippen LogP contribution in [0, 0.1) is 0 Å². The number of cyclic esters (lactones) is 1. The van der Waals surface area contributed by atoms with Gasteiger partial charge in [-0.15, -0.1) is 0 Å². The Labute approximate surface area is 159 Å². The first-order chi connectivity index (χ1) is 12.6. The van der Waals surface area contributed by atoms with Crippen LogP contribution in [0.15, 0.2) is 11.6 Å². The second-order valence-corrected chi connectivity index (χ2v) is 7.59. The molecule has 4 nitrogen and oxygen atoms in total. The lowest BCUT2D eigenvalue weighted by Gasteiger charge is -2.29. The van der Waals surface area contributed by atoms with Gasteiger partial charge in [0.2, 0.25) is 5.91 Å². The molecule has 0 aliphatic carbocycles. The van der Waals surface area contributed by atoms with Crippen LogP contribution in [0.2, 0.25) is 0 Å². The second-order valence-electron chi connectivity index (χ2n) is 7.59. The summed E-state index contributed by atoms with van der Waals surface area (Å²) in [4.78, 5) is 22.2. The van der Waals surface area contributed by atoms with E-state index in [0.29, 0.717) is 6.42 Å². The lowest BCUT2D eigenvalue weighted by molar-refractivity contribution is -0.156. The molecule has 1 aliphatic rings. The molecule has 2 N–H and O–H groups in total. The normalized spacial score (nSPS) is 18.0. The lowest BCUT2D eigenvalue weighted by atomic mass is 9.96. The summed E-state index contributed by atoms with van der Waals surface area (Å²) >= 11 is 0. The van der Waals surface area contributed by atoms with Crippen molar-refractivity contribution in [3.63, 3.8) is 0 Å². The van der Waals surface area contributed by atoms with E-state index in [1.807, 2.05) is 6.08 Å². The lowest BCUT2D eigenvalue weighted by Crippen LogP contribution is -2.36. The van der Waals surface area contributed by atoms with Gasteiger partial charge >= 0.3 is 5.97 Å². The Balaban J connectivity index is 1.96. The Morgan fingerprint density at radius 3 is 2.04 bits per heavy atom. The van der Waals surface area contributed by atoms with Crippen LogP contribution in [0.3, 0.4) is 0 Å². The highest BCUT2D eigenvalue weighted by molar-refractivity contribution is 5.95. The summed E-state index contributed by atoms with van der Waals surface area (Å²) in [5, 5.41) is 0. The molecule has 0 aromatic carbocycles. The van der Waals surface area contributed by atoms with Gasteiger partial charge in [0.15, 0.2) is 0 Å². The monoisotopic (exact) mass is 365 g/mol. The molecule has 0 spiro atoms. The van der Waals surface area contributed by atoms with Gasteiger partial charge in [-0.3, -0.25) is 4.79 Å². The molecular weight excluding hydrogens is 326 g/mol. The molecule has 26 heavy (non-hydrogen) atoms. The quantitative estimate of drug-likeness (QED) is 0.208. The molecule has 0 saturated carbocycles. The zero-order valence-corrected chi connectivity index (χ0v) is 16.8. The van der Waals surface area contributed by atoms with E-state index in [1.165, 1.54) is 64.2 Å². The fourth-order valence-corrected chi connectivity index (χ4v) is 3.46. The number of carbonyl (C=O) groups excluding carboxylic acids is 2. The number of primary amides is 1. The van der Waals surface area contributed by atoms with Crippen LogP contribution in [0.4, 0.5) is 0 Å². The SMILES string of the molecule is CCCCCCCCCCCCCC1OC(=O)C1=CCCCCC(N)=O. The summed E-state index contributed by atoms with van der Waals surface area (Å²) in [6.07, 6.45) is 20.5. The first-order valence-corrected chi connectivity index (χ1v) is 10.8. The van der Waals surface area contributed by atoms with Gasteiger partial charge in [-0.05, 0) is 32.1 Å². The minimum absolute atomic E-state index is 0.0113. The molecule has 0 aromatic rings. The Morgan fingerprint density at radius 2 is 1.50 bits per heavy atom. The van der Waals surface area contributed by atoms with Crippen LogP contribution in [-0.4, -0.2) is 18.0 Å². The van der Waals surface area contributed by atoms with Crippen molar-refractivity contribution in [2.45, 2.75) is 116 Å². The summed E-state index contributed by atoms with van der Waals surface area (Å²) in [5.74, 6) is -0.414. The molecule has 0 bridgehead atoms. The maximum absolute atomic E-state index is 11.5. The maximum atomic E-state index is 11.5.